The van der Waals surface area contributed by atoms with Crippen molar-refractivity contribution in [3.05, 3.63) is 65.5 Å². The van der Waals surface area contributed by atoms with E-state index in [-0.39, 0.29) is 12.6 Å². The number of cyclic esters (lactones) is 1. The molecule has 0 radical (unpaired) electrons. The number of halogens is 2. The molecule has 2 aromatic rings. The first-order valence-electron chi connectivity index (χ1n) is 11.9. The number of benzene rings is 1. The van der Waals surface area contributed by atoms with Crippen LogP contribution < -0.4 is 5.32 Å². The molecule has 0 bridgehead atoms. The maximum absolute atomic E-state index is 13.7. The largest absolute Gasteiger partial charge is 0.446 e. The van der Waals surface area contributed by atoms with Crippen LogP contribution in [0, 0.1) is 11.6 Å². The molecule has 1 saturated carbocycles. The van der Waals surface area contributed by atoms with Crippen molar-refractivity contribution >= 4 is 12.1 Å². The summed E-state index contributed by atoms with van der Waals surface area (Å²) >= 11 is 0. The minimum Gasteiger partial charge on any atom is -0.446 e. The summed E-state index contributed by atoms with van der Waals surface area (Å²) in [6.07, 6.45) is 6.26. The highest BCUT2D eigenvalue weighted by molar-refractivity contribution is 5.92. The Labute approximate surface area is 197 Å². The van der Waals surface area contributed by atoms with E-state index in [1.165, 1.54) is 11.8 Å². The Morgan fingerprint density at radius 1 is 1.06 bits per heavy atom. The molecular weight excluding hydrogens is 442 g/mol. The van der Waals surface area contributed by atoms with E-state index in [1.54, 1.807) is 0 Å². The number of ether oxygens (including phenoxy) is 1. The number of likely N-dealkylation sites (tertiary alicyclic amines) is 1. The van der Waals surface area contributed by atoms with Gasteiger partial charge in [-0.25, -0.2) is 23.3 Å². The Morgan fingerprint density at radius 3 is 2.62 bits per heavy atom. The van der Waals surface area contributed by atoms with Crippen LogP contribution in [0.4, 0.5) is 18.4 Å². The number of urea groups is 1. The Hall–Kier alpha value is -3.07. The summed E-state index contributed by atoms with van der Waals surface area (Å²) in [6, 6.07) is 8.47. The number of imide groups is 1. The standard InChI is InChI=1S/C25H28F2N4O3/c26-20-9-6-17(13-21(20)27)23-15-34-25(33)31(23)24(32)29-18-10-12-30(14-18)19-7-4-16(5-8-19)22-3-1-2-11-28-22/h1-3,6,9,11,13,16,18-19,23H,4-5,7-8,10,12,14-15H2,(H,29,32)/t16-,18-,19+,23-/m1/s1. The number of hydrogen-bond donors (Lipinski definition) is 1. The SMILES string of the molecule is O=C(N[C@@H]1CCN([C@H]2CC[C@@H](c3ccccn3)CC2)C1)N1C(=O)OC[C@@H]1c1ccc(F)c(F)c1. The predicted octanol–water partition coefficient (Wildman–Crippen LogP) is 4.36. The molecule has 3 fully saturated rings. The number of pyridine rings is 1. The van der Waals surface area contributed by atoms with Gasteiger partial charge in [0, 0.05) is 43.0 Å². The minimum absolute atomic E-state index is 0.0833. The number of rotatable bonds is 4. The molecule has 3 aliphatic rings. The van der Waals surface area contributed by atoms with E-state index in [4.69, 9.17) is 4.74 Å². The number of carbonyl (C=O) groups excluding carboxylic acids is 2. The molecule has 5 rings (SSSR count). The van der Waals surface area contributed by atoms with Crippen molar-refractivity contribution in [3.8, 4) is 0 Å². The van der Waals surface area contributed by atoms with E-state index in [0.29, 0.717) is 17.5 Å². The predicted molar refractivity (Wildman–Crippen MR) is 120 cm³/mol. The molecule has 1 aromatic heterocycles. The second-order valence-corrected chi connectivity index (χ2v) is 9.33. The van der Waals surface area contributed by atoms with Crippen LogP contribution in [0.1, 0.15) is 55.3 Å². The van der Waals surface area contributed by atoms with E-state index in [2.05, 4.69) is 21.3 Å². The van der Waals surface area contributed by atoms with Gasteiger partial charge in [-0.1, -0.05) is 12.1 Å². The molecular formula is C25H28F2N4O3. The number of nitrogens with one attached hydrogen (secondary N) is 1. The average molecular weight is 471 g/mol. The molecule has 0 spiro atoms. The molecule has 3 heterocycles. The molecule has 2 aliphatic heterocycles. The highest BCUT2D eigenvalue weighted by atomic mass is 19.2. The van der Waals surface area contributed by atoms with Crippen LogP contribution in [0.5, 0.6) is 0 Å². The van der Waals surface area contributed by atoms with Gasteiger partial charge in [-0.05, 0) is 61.9 Å². The van der Waals surface area contributed by atoms with E-state index < -0.39 is 29.8 Å². The third-order valence-electron chi connectivity index (χ3n) is 7.29. The Morgan fingerprint density at radius 2 is 1.88 bits per heavy atom. The lowest BCUT2D eigenvalue weighted by Crippen LogP contribution is -2.47. The fourth-order valence-corrected chi connectivity index (χ4v) is 5.45. The molecule has 3 amide bonds. The summed E-state index contributed by atoms with van der Waals surface area (Å²) in [5.41, 5.74) is 1.48. The lowest BCUT2D eigenvalue weighted by atomic mass is 9.83. The lowest BCUT2D eigenvalue weighted by molar-refractivity contribution is 0.155. The summed E-state index contributed by atoms with van der Waals surface area (Å²) in [4.78, 5) is 33.1. The summed E-state index contributed by atoms with van der Waals surface area (Å²) in [6.45, 7) is 1.53. The van der Waals surface area contributed by atoms with E-state index in [1.807, 2.05) is 18.3 Å². The Bertz CT molecular complexity index is 1050. The van der Waals surface area contributed by atoms with E-state index in [0.717, 1.165) is 62.2 Å². The first kappa shape index (κ1) is 22.7. The second kappa shape index (κ2) is 9.66. The number of amides is 3. The molecule has 9 heteroatoms. The van der Waals surface area contributed by atoms with Crippen LogP contribution in [-0.2, 0) is 4.74 Å². The molecule has 34 heavy (non-hydrogen) atoms. The van der Waals surface area contributed by atoms with Gasteiger partial charge in [-0.3, -0.25) is 9.88 Å². The molecule has 0 unspecified atom stereocenters. The minimum atomic E-state index is -1.03. The van der Waals surface area contributed by atoms with Crippen LogP contribution in [0.15, 0.2) is 42.6 Å². The Kier molecular flexibility index (Phi) is 6.45. The summed E-state index contributed by atoms with van der Waals surface area (Å²) in [7, 11) is 0. The van der Waals surface area contributed by atoms with Crippen molar-refractivity contribution in [2.24, 2.45) is 0 Å². The normalized spacial score (nSPS) is 27.6. The second-order valence-electron chi connectivity index (χ2n) is 9.33. The van der Waals surface area contributed by atoms with Crippen LogP contribution in [0.25, 0.3) is 0 Å². The first-order chi connectivity index (χ1) is 16.5. The van der Waals surface area contributed by atoms with Crippen LogP contribution in [-0.4, -0.2) is 58.7 Å². The number of nitrogens with zero attached hydrogens (tertiary/aromatic N) is 3. The van der Waals surface area contributed by atoms with Gasteiger partial charge >= 0.3 is 12.1 Å². The molecule has 7 nitrogen and oxygen atoms in total. The maximum Gasteiger partial charge on any atom is 0.418 e. The summed E-state index contributed by atoms with van der Waals surface area (Å²) in [5.74, 6) is -1.50. The third kappa shape index (κ3) is 4.61. The summed E-state index contributed by atoms with van der Waals surface area (Å²) in [5, 5.41) is 2.95. The third-order valence-corrected chi connectivity index (χ3v) is 7.29. The van der Waals surface area contributed by atoms with Crippen molar-refractivity contribution in [1.82, 2.24) is 20.1 Å². The topological polar surface area (TPSA) is 74.8 Å². The van der Waals surface area contributed by atoms with Gasteiger partial charge in [0.15, 0.2) is 11.6 Å². The zero-order chi connectivity index (χ0) is 23.7. The number of aromatic nitrogens is 1. The number of hydrogen-bond acceptors (Lipinski definition) is 5. The quantitative estimate of drug-likeness (QED) is 0.719. The highest BCUT2D eigenvalue weighted by Crippen LogP contribution is 2.35. The zero-order valence-corrected chi connectivity index (χ0v) is 18.8. The van der Waals surface area contributed by atoms with Crippen LogP contribution >= 0.6 is 0 Å². The molecule has 2 atom stereocenters. The van der Waals surface area contributed by atoms with Gasteiger partial charge in [0.2, 0.25) is 0 Å². The summed E-state index contributed by atoms with van der Waals surface area (Å²) < 4.78 is 32.1. The highest BCUT2D eigenvalue weighted by Gasteiger charge is 2.41. The molecule has 1 aromatic carbocycles. The number of carbonyl (C=O) groups is 2. The smallest absolute Gasteiger partial charge is 0.418 e. The lowest BCUT2D eigenvalue weighted by Gasteiger charge is -2.34. The van der Waals surface area contributed by atoms with Crippen molar-refractivity contribution in [3.63, 3.8) is 0 Å². The maximum atomic E-state index is 13.7. The van der Waals surface area contributed by atoms with Gasteiger partial charge in [-0.2, -0.15) is 0 Å². The monoisotopic (exact) mass is 470 g/mol. The molecule has 1 aliphatic carbocycles. The molecule has 180 valence electrons. The van der Waals surface area contributed by atoms with Crippen LogP contribution in [0.3, 0.4) is 0 Å². The van der Waals surface area contributed by atoms with Gasteiger partial charge < -0.3 is 10.1 Å². The fourth-order valence-electron chi connectivity index (χ4n) is 5.45. The zero-order valence-electron chi connectivity index (χ0n) is 18.8. The Balaban J connectivity index is 1.16. The van der Waals surface area contributed by atoms with Gasteiger partial charge in [0.1, 0.15) is 12.6 Å². The molecule has 1 N–H and O–H groups in total. The average Bonchev–Trinajstić information content (AvgIpc) is 3.48. The van der Waals surface area contributed by atoms with Crippen molar-refractivity contribution in [2.75, 3.05) is 19.7 Å². The van der Waals surface area contributed by atoms with E-state index >= 15 is 0 Å². The van der Waals surface area contributed by atoms with Crippen LogP contribution in [0.2, 0.25) is 0 Å². The first-order valence-corrected chi connectivity index (χ1v) is 11.9. The van der Waals surface area contributed by atoms with Crippen molar-refractivity contribution < 1.29 is 23.1 Å². The molecule has 2 saturated heterocycles. The van der Waals surface area contributed by atoms with Crippen molar-refractivity contribution in [2.45, 2.75) is 56.1 Å². The van der Waals surface area contributed by atoms with Gasteiger partial charge in [0.25, 0.3) is 0 Å². The van der Waals surface area contributed by atoms with E-state index in [9.17, 15) is 18.4 Å². The van der Waals surface area contributed by atoms with Gasteiger partial charge in [0.05, 0.1) is 0 Å². The fraction of sp³-hybridized carbons (Fsp3) is 0.480. The van der Waals surface area contributed by atoms with Crippen molar-refractivity contribution in [1.29, 1.82) is 0 Å². The van der Waals surface area contributed by atoms with Gasteiger partial charge in [-0.15, -0.1) is 0 Å².